The number of amides is 2. The third-order valence-corrected chi connectivity index (χ3v) is 8.56. The predicted molar refractivity (Wildman–Crippen MR) is 154 cm³/mol. The summed E-state index contributed by atoms with van der Waals surface area (Å²) >= 11 is 0. The summed E-state index contributed by atoms with van der Waals surface area (Å²) < 4.78 is 21.9. The summed E-state index contributed by atoms with van der Waals surface area (Å²) in [5, 5.41) is 13.5. The Hall–Kier alpha value is -3.90. The van der Waals surface area contributed by atoms with Gasteiger partial charge in [-0.15, -0.1) is 0 Å². The summed E-state index contributed by atoms with van der Waals surface area (Å²) in [6.07, 6.45) is 0.985. The molecule has 3 unspecified atom stereocenters. The number of carbonyl (C=O) groups is 3. The van der Waals surface area contributed by atoms with E-state index in [2.05, 4.69) is 25.7 Å². The molecule has 1 aromatic carbocycles. The van der Waals surface area contributed by atoms with Gasteiger partial charge in [0.1, 0.15) is 23.7 Å². The fraction of sp³-hybridized carbons (Fsp3) is 0.500. The van der Waals surface area contributed by atoms with Crippen LogP contribution < -0.4 is 10.6 Å². The topological polar surface area (TPSA) is 133 Å². The number of halogens is 1. The van der Waals surface area contributed by atoms with Gasteiger partial charge in [0.05, 0.1) is 31.0 Å². The van der Waals surface area contributed by atoms with Gasteiger partial charge < -0.3 is 25.1 Å². The Balaban J connectivity index is 1.37. The van der Waals surface area contributed by atoms with Crippen LogP contribution in [0.3, 0.4) is 0 Å². The van der Waals surface area contributed by atoms with Crippen LogP contribution >= 0.6 is 0 Å². The third kappa shape index (κ3) is 5.02. The van der Waals surface area contributed by atoms with Gasteiger partial charge in [-0.05, 0) is 44.0 Å². The van der Waals surface area contributed by atoms with E-state index in [0.29, 0.717) is 41.7 Å². The van der Waals surface area contributed by atoms with Crippen molar-refractivity contribution < 1.29 is 23.5 Å². The quantitative estimate of drug-likeness (QED) is 0.314. The van der Waals surface area contributed by atoms with Crippen molar-refractivity contribution in [2.24, 2.45) is 11.8 Å². The Morgan fingerprint density at radius 1 is 1.24 bits per heavy atom. The molecule has 0 aliphatic carbocycles. The zero-order valence-corrected chi connectivity index (χ0v) is 24.1. The Morgan fingerprint density at radius 3 is 2.67 bits per heavy atom. The molecule has 11 nitrogen and oxygen atoms in total. The van der Waals surface area contributed by atoms with Crippen molar-refractivity contribution in [3.05, 3.63) is 40.7 Å². The molecule has 3 aromatic rings. The summed E-state index contributed by atoms with van der Waals surface area (Å²) in [6.45, 7) is 8.08. The van der Waals surface area contributed by atoms with Gasteiger partial charge >= 0.3 is 0 Å². The van der Waals surface area contributed by atoms with Crippen LogP contribution in [-0.2, 0) is 27.4 Å². The molecule has 2 aromatic heterocycles. The van der Waals surface area contributed by atoms with Crippen molar-refractivity contribution in [3.63, 3.8) is 0 Å². The fourth-order valence-electron chi connectivity index (χ4n) is 6.49. The molecule has 0 spiro atoms. The van der Waals surface area contributed by atoms with Gasteiger partial charge in [-0.2, -0.15) is 5.10 Å². The minimum absolute atomic E-state index is 0.0651. The van der Waals surface area contributed by atoms with Crippen LogP contribution in [0.25, 0.3) is 22.3 Å². The molecule has 222 valence electrons. The molecule has 5 heterocycles. The molecule has 42 heavy (non-hydrogen) atoms. The van der Waals surface area contributed by atoms with Gasteiger partial charge in [0.15, 0.2) is 5.82 Å². The number of benzene rings is 1. The maximum Gasteiger partial charge on any atom is 0.255 e. The number of hydrogen-bond donors (Lipinski definition) is 3. The highest BCUT2D eigenvalue weighted by atomic mass is 19.1. The second kappa shape index (κ2) is 11.4. The molecule has 12 heteroatoms. The lowest BCUT2D eigenvalue weighted by molar-refractivity contribution is -0.125. The summed E-state index contributed by atoms with van der Waals surface area (Å²) in [5.74, 6) is 0.297. The summed E-state index contributed by atoms with van der Waals surface area (Å²) in [4.78, 5) is 45.5. The molecule has 2 amide bonds. The van der Waals surface area contributed by atoms with E-state index in [1.54, 1.807) is 12.1 Å². The maximum absolute atomic E-state index is 16.3. The van der Waals surface area contributed by atoms with Crippen LogP contribution in [0.2, 0.25) is 0 Å². The van der Waals surface area contributed by atoms with E-state index in [9.17, 15) is 14.4 Å². The van der Waals surface area contributed by atoms with Gasteiger partial charge in [-0.3, -0.25) is 19.6 Å². The number of nitrogens with zero attached hydrogens (tertiary/aromatic N) is 4. The molecule has 0 saturated carbocycles. The zero-order valence-electron chi connectivity index (χ0n) is 24.1. The number of anilines is 1. The Morgan fingerprint density at radius 2 is 1.98 bits per heavy atom. The molecule has 2 saturated heterocycles. The number of likely N-dealkylation sites (N-methyl/N-ethyl adjacent to an activating group) is 1. The van der Waals surface area contributed by atoms with Crippen LogP contribution in [0, 0.1) is 17.7 Å². The van der Waals surface area contributed by atoms with E-state index in [1.807, 2.05) is 19.9 Å². The normalized spacial score (nSPS) is 20.8. The van der Waals surface area contributed by atoms with Crippen molar-refractivity contribution >= 4 is 35.0 Å². The lowest BCUT2D eigenvalue weighted by Gasteiger charge is -2.25. The standard InChI is InChI=1S/C30H36FN7O4/c1-16(2)33-28-27-26(35-36-28)17(10-37-11-18-14-42-15-19(18)12-37)9-23(34-27)21-7-6-20-22(25(21)31)13-38(30(20)41)24(5-4-8-39)29(40)32-3/h6-9,16,18-19,24H,4-5,10-15H2,1-3H3,(H,32,40)(H2,33,35,36). The van der Waals surface area contributed by atoms with E-state index >= 15 is 4.39 Å². The van der Waals surface area contributed by atoms with Crippen molar-refractivity contribution in [1.29, 1.82) is 0 Å². The number of fused-ring (bicyclic) bond motifs is 3. The first-order valence-corrected chi connectivity index (χ1v) is 14.5. The molecular weight excluding hydrogens is 541 g/mol. The third-order valence-electron chi connectivity index (χ3n) is 8.56. The maximum atomic E-state index is 16.3. The molecular formula is C30H36FN7O4. The zero-order chi connectivity index (χ0) is 29.5. The molecule has 3 aliphatic rings. The summed E-state index contributed by atoms with van der Waals surface area (Å²) in [6, 6.07) is 4.34. The number of hydrogen-bond acceptors (Lipinski definition) is 8. The Kier molecular flexibility index (Phi) is 7.67. The lowest BCUT2D eigenvalue weighted by atomic mass is 10.0. The van der Waals surface area contributed by atoms with Crippen LogP contribution in [-0.4, -0.2) is 88.5 Å². The van der Waals surface area contributed by atoms with Gasteiger partial charge in [0.25, 0.3) is 5.91 Å². The second-order valence-corrected chi connectivity index (χ2v) is 11.8. The predicted octanol–water partition coefficient (Wildman–Crippen LogP) is 2.71. The van der Waals surface area contributed by atoms with Crippen molar-refractivity contribution in [2.75, 3.05) is 38.7 Å². The molecule has 3 N–H and O–H groups in total. The van der Waals surface area contributed by atoms with Gasteiger partial charge in [-0.25, -0.2) is 9.37 Å². The van der Waals surface area contributed by atoms with E-state index in [4.69, 9.17) is 9.72 Å². The van der Waals surface area contributed by atoms with E-state index in [1.165, 1.54) is 11.9 Å². The SMILES string of the molecule is CNC(=O)C(CCC=O)N1Cc2c(ccc(-c3cc(CN4CC5COCC5C4)c4[nH]nc(NC(C)C)c4n3)c2F)C1=O. The molecule has 3 atom stereocenters. The highest BCUT2D eigenvalue weighted by Crippen LogP contribution is 2.37. The number of pyridine rings is 1. The fourth-order valence-corrected chi connectivity index (χ4v) is 6.49. The van der Waals surface area contributed by atoms with E-state index in [-0.39, 0.29) is 42.1 Å². The average Bonchev–Trinajstić information content (AvgIpc) is 3.73. The van der Waals surface area contributed by atoms with Gasteiger partial charge in [-0.1, -0.05) is 0 Å². The smallest absolute Gasteiger partial charge is 0.255 e. The number of aldehydes is 1. The van der Waals surface area contributed by atoms with Crippen molar-refractivity contribution in [2.45, 2.75) is 51.9 Å². The summed E-state index contributed by atoms with van der Waals surface area (Å²) in [5.41, 5.74) is 3.57. The minimum atomic E-state index is -0.870. The van der Waals surface area contributed by atoms with Gasteiger partial charge in [0.2, 0.25) is 5.91 Å². The molecule has 0 radical (unpaired) electrons. The minimum Gasteiger partial charge on any atom is -0.381 e. The monoisotopic (exact) mass is 577 g/mol. The molecule has 2 fully saturated rings. The highest BCUT2D eigenvalue weighted by molar-refractivity contribution is 6.02. The largest absolute Gasteiger partial charge is 0.381 e. The number of H-pyrrole nitrogens is 1. The van der Waals surface area contributed by atoms with E-state index in [0.717, 1.165) is 37.4 Å². The molecule has 6 rings (SSSR count). The number of nitrogens with one attached hydrogen (secondary N) is 3. The van der Waals surface area contributed by atoms with Crippen LogP contribution in [0.1, 0.15) is 48.2 Å². The van der Waals surface area contributed by atoms with Crippen LogP contribution in [0.4, 0.5) is 10.2 Å². The second-order valence-electron chi connectivity index (χ2n) is 11.8. The highest BCUT2D eigenvalue weighted by Gasteiger charge is 2.39. The number of aromatic amines is 1. The summed E-state index contributed by atoms with van der Waals surface area (Å²) in [7, 11) is 1.47. The van der Waals surface area contributed by atoms with E-state index < -0.39 is 23.7 Å². The Labute approximate surface area is 243 Å². The van der Waals surface area contributed by atoms with Crippen molar-refractivity contribution in [1.82, 2.24) is 30.3 Å². The molecule has 0 bridgehead atoms. The first-order chi connectivity index (χ1) is 20.3. The average molecular weight is 578 g/mol. The number of rotatable bonds is 10. The van der Waals surface area contributed by atoms with Crippen molar-refractivity contribution in [3.8, 4) is 11.3 Å². The number of aromatic nitrogens is 3. The first kappa shape index (κ1) is 28.2. The van der Waals surface area contributed by atoms with Crippen LogP contribution in [0.15, 0.2) is 18.2 Å². The number of carbonyl (C=O) groups excluding carboxylic acids is 3. The number of ether oxygens (including phenoxy) is 1. The molecule has 3 aliphatic heterocycles. The number of likely N-dealkylation sites (tertiary alicyclic amines) is 1. The van der Waals surface area contributed by atoms with Gasteiger partial charge in [0, 0.05) is 67.7 Å². The Bertz CT molecular complexity index is 1530. The van der Waals surface area contributed by atoms with Crippen LogP contribution in [0.5, 0.6) is 0 Å². The lowest BCUT2D eigenvalue weighted by Crippen LogP contribution is -2.46. The first-order valence-electron chi connectivity index (χ1n) is 14.5.